The van der Waals surface area contributed by atoms with Gasteiger partial charge in [0.05, 0.1) is 16.9 Å². The molecule has 3 aromatic carbocycles. The number of nitrogens with zero attached hydrogens (tertiary/aromatic N) is 3. The molecule has 0 aliphatic carbocycles. The van der Waals surface area contributed by atoms with Gasteiger partial charge in [-0.1, -0.05) is 81.4 Å². The van der Waals surface area contributed by atoms with E-state index in [1.807, 2.05) is 67.6 Å². The molecular formula is C30H31FN4O2. The predicted molar refractivity (Wildman–Crippen MR) is 143 cm³/mol. The van der Waals surface area contributed by atoms with Crippen molar-refractivity contribution in [3.05, 3.63) is 113 Å². The minimum atomic E-state index is -0.626. The monoisotopic (exact) mass is 498 g/mol. The number of aromatic nitrogens is 2. The normalized spacial score (nSPS) is 11.3. The summed E-state index contributed by atoms with van der Waals surface area (Å²) in [5, 5.41) is 7.72. The number of amides is 2. The Bertz CT molecular complexity index is 1410. The van der Waals surface area contributed by atoms with Gasteiger partial charge in [-0.15, -0.1) is 0 Å². The lowest BCUT2D eigenvalue weighted by atomic mass is 9.92. The first kappa shape index (κ1) is 25.8. The van der Waals surface area contributed by atoms with Gasteiger partial charge < -0.3 is 10.2 Å². The molecule has 6 nitrogen and oxygen atoms in total. The lowest BCUT2D eigenvalue weighted by Crippen LogP contribution is -2.38. The Balaban J connectivity index is 1.64. The fourth-order valence-electron chi connectivity index (χ4n) is 3.99. The number of carbonyl (C=O) groups is 2. The summed E-state index contributed by atoms with van der Waals surface area (Å²) in [4.78, 5) is 28.0. The van der Waals surface area contributed by atoms with Crippen molar-refractivity contribution in [2.75, 3.05) is 11.9 Å². The van der Waals surface area contributed by atoms with E-state index in [-0.39, 0.29) is 24.1 Å². The van der Waals surface area contributed by atoms with Crippen LogP contribution in [-0.2, 0) is 16.8 Å². The molecule has 1 heterocycles. The molecular weight excluding hydrogens is 467 g/mol. The molecule has 7 heteroatoms. The van der Waals surface area contributed by atoms with Crippen LogP contribution in [-0.4, -0.2) is 33.0 Å². The van der Waals surface area contributed by atoms with E-state index >= 15 is 0 Å². The van der Waals surface area contributed by atoms with Gasteiger partial charge in [0.15, 0.2) is 0 Å². The van der Waals surface area contributed by atoms with Crippen LogP contribution in [0, 0.1) is 12.7 Å². The van der Waals surface area contributed by atoms with Crippen LogP contribution in [0.4, 0.5) is 10.2 Å². The smallest absolute Gasteiger partial charge is 0.257 e. The van der Waals surface area contributed by atoms with E-state index in [0.717, 1.165) is 22.5 Å². The lowest BCUT2D eigenvalue weighted by Gasteiger charge is -2.23. The molecule has 4 rings (SSSR count). The van der Waals surface area contributed by atoms with Crippen molar-refractivity contribution in [3.8, 4) is 5.69 Å². The van der Waals surface area contributed by atoms with E-state index in [0.29, 0.717) is 5.82 Å². The van der Waals surface area contributed by atoms with E-state index in [2.05, 4.69) is 26.1 Å². The summed E-state index contributed by atoms with van der Waals surface area (Å²) >= 11 is 0. The van der Waals surface area contributed by atoms with E-state index < -0.39 is 17.6 Å². The number of rotatable bonds is 7. The highest BCUT2D eigenvalue weighted by Gasteiger charge is 2.25. The van der Waals surface area contributed by atoms with Crippen LogP contribution < -0.4 is 5.32 Å². The quantitative estimate of drug-likeness (QED) is 0.345. The maximum absolute atomic E-state index is 14.5. The Morgan fingerprint density at radius 3 is 2.27 bits per heavy atom. The second-order valence-electron chi connectivity index (χ2n) is 10.0. The summed E-state index contributed by atoms with van der Waals surface area (Å²) in [5.41, 5.74) is 3.17. The largest absolute Gasteiger partial charge is 0.325 e. The first-order chi connectivity index (χ1) is 17.6. The van der Waals surface area contributed by atoms with Crippen LogP contribution in [0.1, 0.15) is 48.0 Å². The van der Waals surface area contributed by atoms with Crippen molar-refractivity contribution in [1.82, 2.24) is 14.7 Å². The van der Waals surface area contributed by atoms with Gasteiger partial charge in [0, 0.05) is 18.0 Å². The van der Waals surface area contributed by atoms with Crippen LogP contribution in [0.15, 0.2) is 84.9 Å². The highest BCUT2D eigenvalue weighted by Crippen LogP contribution is 2.27. The van der Waals surface area contributed by atoms with Crippen molar-refractivity contribution in [2.45, 2.75) is 39.7 Å². The summed E-state index contributed by atoms with van der Waals surface area (Å²) in [7, 11) is 0. The number of aryl methyl sites for hydroxylation is 1. The SMILES string of the molecule is Cc1ccccc1-n1nc(C(C)(C)C)cc1NC(=O)CN(Cc1ccccc1)C(=O)c1ccccc1F. The molecule has 0 saturated carbocycles. The lowest BCUT2D eigenvalue weighted by molar-refractivity contribution is -0.117. The van der Waals surface area contributed by atoms with Crippen LogP contribution >= 0.6 is 0 Å². The second-order valence-corrected chi connectivity index (χ2v) is 10.0. The Hall–Kier alpha value is -4.26. The van der Waals surface area contributed by atoms with Gasteiger partial charge >= 0.3 is 0 Å². The van der Waals surface area contributed by atoms with Gasteiger partial charge in [-0.25, -0.2) is 9.07 Å². The molecule has 0 bridgehead atoms. The maximum atomic E-state index is 14.5. The van der Waals surface area contributed by atoms with Gasteiger partial charge in [-0.05, 0) is 36.2 Å². The molecule has 0 unspecified atom stereocenters. The Morgan fingerprint density at radius 2 is 1.59 bits per heavy atom. The molecule has 0 fully saturated rings. The molecule has 4 aromatic rings. The minimum absolute atomic E-state index is 0.0776. The van der Waals surface area contributed by atoms with Crippen molar-refractivity contribution in [1.29, 1.82) is 0 Å². The zero-order valence-corrected chi connectivity index (χ0v) is 21.5. The molecule has 37 heavy (non-hydrogen) atoms. The fraction of sp³-hybridized carbons (Fsp3) is 0.233. The van der Waals surface area contributed by atoms with Crippen LogP contribution in [0.3, 0.4) is 0 Å². The molecule has 0 aliphatic heterocycles. The summed E-state index contributed by atoms with van der Waals surface area (Å²) in [5.74, 6) is -1.09. The van der Waals surface area contributed by atoms with Crippen molar-refractivity contribution in [3.63, 3.8) is 0 Å². The zero-order valence-electron chi connectivity index (χ0n) is 21.5. The molecule has 0 aliphatic rings. The predicted octanol–water partition coefficient (Wildman–Crippen LogP) is 5.90. The van der Waals surface area contributed by atoms with Gasteiger partial charge in [0.2, 0.25) is 5.91 Å². The highest BCUT2D eigenvalue weighted by molar-refractivity contribution is 5.99. The van der Waals surface area contributed by atoms with Crippen LogP contribution in [0.25, 0.3) is 5.69 Å². The number of hydrogen-bond acceptors (Lipinski definition) is 3. The fourth-order valence-corrected chi connectivity index (χ4v) is 3.99. The Kier molecular flexibility index (Phi) is 7.53. The number of carbonyl (C=O) groups excluding carboxylic acids is 2. The Morgan fingerprint density at radius 1 is 0.946 bits per heavy atom. The summed E-state index contributed by atoms with van der Waals surface area (Å²) in [6, 6.07) is 24.7. The third-order valence-electron chi connectivity index (χ3n) is 6.03. The van der Waals surface area contributed by atoms with Crippen LogP contribution in [0.2, 0.25) is 0 Å². The maximum Gasteiger partial charge on any atom is 0.257 e. The topological polar surface area (TPSA) is 67.2 Å². The highest BCUT2D eigenvalue weighted by atomic mass is 19.1. The number of halogens is 1. The summed E-state index contributed by atoms with van der Waals surface area (Å²) < 4.78 is 16.2. The average molecular weight is 499 g/mol. The number of benzene rings is 3. The molecule has 1 aromatic heterocycles. The molecule has 0 saturated heterocycles. The second kappa shape index (κ2) is 10.8. The van der Waals surface area contributed by atoms with Crippen molar-refractivity contribution in [2.24, 2.45) is 0 Å². The van der Waals surface area contributed by atoms with Crippen molar-refractivity contribution < 1.29 is 14.0 Å². The zero-order chi connectivity index (χ0) is 26.6. The summed E-state index contributed by atoms with van der Waals surface area (Å²) in [6.45, 7) is 8.04. The van der Waals surface area contributed by atoms with E-state index in [1.54, 1.807) is 10.7 Å². The number of para-hydroxylation sites is 1. The standard InChI is InChI=1S/C30H31FN4O2/c1-21-12-8-11-17-25(21)35-27(18-26(33-35)30(2,3)4)32-28(36)20-34(19-22-13-6-5-7-14-22)29(37)23-15-9-10-16-24(23)31/h5-18H,19-20H2,1-4H3,(H,32,36). The first-order valence-electron chi connectivity index (χ1n) is 12.2. The van der Waals surface area contributed by atoms with Gasteiger partial charge in [0.1, 0.15) is 18.2 Å². The molecule has 0 atom stereocenters. The molecule has 190 valence electrons. The number of hydrogen-bond donors (Lipinski definition) is 1. The van der Waals surface area contributed by atoms with Crippen LogP contribution in [0.5, 0.6) is 0 Å². The molecule has 0 radical (unpaired) electrons. The van der Waals surface area contributed by atoms with Gasteiger partial charge in [-0.3, -0.25) is 9.59 Å². The third-order valence-corrected chi connectivity index (χ3v) is 6.03. The van der Waals surface area contributed by atoms with E-state index in [4.69, 9.17) is 5.10 Å². The molecule has 1 N–H and O–H groups in total. The van der Waals surface area contributed by atoms with Gasteiger partial charge in [0.25, 0.3) is 5.91 Å². The van der Waals surface area contributed by atoms with Gasteiger partial charge in [-0.2, -0.15) is 5.10 Å². The van der Waals surface area contributed by atoms with E-state index in [1.165, 1.54) is 23.1 Å². The molecule has 2 amide bonds. The minimum Gasteiger partial charge on any atom is -0.325 e. The third kappa shape index (κ3) is 6.12. The Labute approximate surface area is 216 Å². The summed E-state index contributed by atoms with van der Waals surface area (Å²) in [6.07, 6.45) is 0. The number of nitrogens with one attached hydrogen (secondary N) is 1. The van der Waals surface area contributed by atoms with E-state index in [9.17, 15) is 14.0 Å². The average Bonchev–Trinajstić information content (AvgIpc) is 3.28. The number of anilines is 1. The van der Waals surface area contributed by atoms with Crippen molar-refractivity contribution >= 4 is 17.6 Å². The first-order valence-corrected chi connectivity index (χ1v) is 12.2. The molecule has 0 spiro atoms.